The van der Waals surface area contributed by atoms with E-state index in [1.807, 2.05) is 32.1 Å². The van der Waals surface area contributed by atoms with Gasteiger partial charge in [0.15, 0.2) is 5.76 Å². The van der Waals surface area contributed by atoms with Gasteiger partial charge in [0.1, 0.15) is 5.76 Å². The van der Waals surface area contributed by atoms with Crippen molar-refractivity contribution in [2.45, 2.75) is 6.92 Å². The Kier molecular flexibility index (Phi) is 3.92. The minimum absolute atomic E-state index is 0.119. The molecule has 0 bridgehead atoms. The molecule has 0 aromatic carbocycles. The Morgan fingerprint density at radius 1 is 1.33 bits per heavy atom. The van der Waals surface area contributed by atoms with Gasteiger partial charge in [0.05, 0.1) is 0 Å². The Morgan fingerprint density at radius 3 is 2.60 bits per heavy atom. The van der Waals surface area contributed by atoms with Crippen LogP contribution in [-0.2, 0) is 0 Å². The average molecular weight is 205 g/mol. The molecule has 0 aliphatic heterocycles. The molecule has 0 amide bonds. The molecule has 1 heterocycles. The standard InChI is InChI=1S/C12H15NO2/c1-10-7-8-12(15-10)11(14)6-4-5-9-13(2)3/h4-9H,1-3H3/b6-4+,9-5+. The van der Waals surface area contributed by atoms with Gasteiger partial charge >= 0.3 is 0 Å². The molecule has 80 valence electrons. The molecule has 15 heavy (non-hydrogen) atoms. The van der Waals surface area contributed by atoms with E-state index in [-0.39, 0.29) is 5.78 Å². The van der Waals surface area contributed by atoms with Gasteiger partial charge in [-0.05, 0) is 37.4 Å². The van der Waals surface area contributed by atoms with Crippen molar-refractivity contribution < 1.29 is 9.21 Å². The summed E-state index contributed by atoms with van der Waals surface area (Å²) in [7, 11) is 3.84. The van der Waals surface area contributed by atoms with Crippen molar-refractivity contribution in [2.24, 2.45) is 0 Å². The van der Waals surface area contributed by atoms with Crippen LogP contribution in [0.2, 0.25) is 0 Å². The molecule has 3 heteroatoms. The Labute approximate surface area is 89.7 Å². The van der Waals surface area contributed by atoms with Gasteiger partial charge in [0.2, 0.25) is 5.78 Å². The highest BCUT2D eigenvalue weighted by molar-refractivity contribution is 6.02. The summed E-state index contributed by atoms with van der Waals surface area (Å²) >= 11 is 0. The third-order valence-corrected chi connectivity index (χ3v) is 1.73. The lowest BCUT2D eigenvalue weighted by Crippen LogP contribution is -1.99. The predicted octanol–water partition coefficient (Wildman–Crippen LogP) is 2.40. The van der Waals surface area contributed by atoms with E-state index in [0.29, 0.717) is 5.76 Å². The van der Waals surface area contributed by atoms with E-state index < -0.39 is 0 Å². The Morgan fingerprint density at radius 2 is 2.07 bits per heavy atom. The zero-order valence-corrected chi connectivity index (χ0v) is 9.23. The Hall–Kier alpha value is -1.77. The lowest BCUT2D eigenvalue weighted by atomic mass is 10.3. The lowest BCUT2D eigenvalue weighted by molar-refractivity contribution is 0.102. The average Bonchev–Trinajstić information content (AvgIpc) is 2.59. The molecule has 0 fully saturated rings. The molecular weight excluding hydrogens is 190 g/mol. The van der Waals surface area contributed by atoms with Crippen LogP contribution in [0.4, 0.5) is 0 Å². The van der Waals surface area contributed by atoms with Gasteiger partial charge in [-0.3, -0.25) is 4.79 Å². The van der Waals surface area contributed by atoms with Gasteiger partial charge < -0.3 is 9.32 Å². The van der Waals surface area contributed by atoms with E-state index in [1.165, 1.54) is 6.08 Å². The van der Waals surface area contributed by atoms with E-state index in [9.17, 15) is 4.79 Å². The van der Waals surface area contributed by atoms with Gasteiger partial charge in [-0.15, -0.1) is 0 Å². The maximum Gasteiger partial charge on any atom is 0.220 e. The van der Waals surface area contributed by atoms with Crippen LogP contribution in [0.3, 0.4) is 0 Å². The van der Waals surface area contributed by atoms with Crippen LogP contribution < -0.4 is 0 Å². The van der Waals surface area contributed by atoms with Crippen LogP contribution in [0.25, 0.3) is 0 Å². The first-order valence-corrected chi connectivity index (χ1v) is 4.71. The number of hydrogen-bond acceptors (Lipinski definition) is 3. The SMILES string of the molecule is Cc1ccc(C(=O)/C=C/C=C/N(C)C)o1. The molecule has 1 aromatic heterocycles. The molecule has 0 saturated carbocycles. The van der Waals surface area contributed by atoms with Crippen LogP contribution in [-0.4, -0.2) is 24.8 Å². The molecule has 0 N–H and O–H groups in total. The number of hydrogen-bond donors (Lipinski definition) is 0. The number of rotatable bonds is 4. The monoisotopic (exact) mass is 205 g/mol. The van der Waals surface area contributed by atoms with Gasteiger partial charge in [-0.1, -0.05) is 6.08 Å². The number of allylic oxidation sites excluding steroid dienone is 3. The van der Waals surface area contributed by atoms with Crippen molar-refractivity contribution in [3.8, 4) is 0 Å². The molecule has 0 saturated heterocycles. The quantitative estimate of drug-likeness (QED) is 0.430. The fourth-order valence-electron chi connectivity index (χ4n) is 1.01. The molecule has 0 atom stereocenters. The van der Waals surface area contributed by atoms with Crippen LogP contribution in [0.1, 0.15) is 16.3 Å². The molecule has 0 radical (unpaired) electrons. The van der Waals surface area contributed by atoms with E-state index in [0.717, 1.165) is 5.76 Å². The van der Waals surface area contributed by atoms with E-state index in [4.69, 9.17) is 4.42 Å². The van der Waals surface area contributed by atoms with Crippen LogP contribution in [0.15, 0.2) is 41.0 Å². The highest BCUT2D eigenvalue weighted by Crippen LogP contribution is 2.07. The molecule has 3 nitrogen and oxygen atoms in total. The van der Waals surface area contributed by atoms with Crippen molar-refractivity contribution >= 4 is 5.78 Å². The number of furan rings is 1. The van der Waals surface area contributed by atoms with Crippen molar-refractivity contribution in [1.82, 2.24) is 4.90 Å². The summed E-state index contributed by atoms with van der Waals surface area (Å²) in [6.07, 6.45) is 6.84. The first-order chi connectivity index (χ1) is 7.09. The summed E-state index contributed by atoms with van der Waals surface area (Å²) in [4.78, 5) is 13.4. The largest absolute Gasteiger partial charge is 0.458 e. The van der Waals surface area contributed by atoms with Gasteiger partial charge in [-0.2, -0.15) is 0 Å². The highest BCUT2D eigenvalue weighted by atomic mass is 16.3. The fraction of sp³-hybridized carbons (Fsp3) is 0.250. The Bertz CT molecular complexity index is 386. The summed E-state index contributed by atoms with van der Waals surface area (Å²) in [5.74, 6) is 1.00. The van der Waals surface area contributed by atoms with Crippen molar-refractivity contribution in [3.63, 3.8) is 0 Å². The van der Waals surface area contributed by atoms with Gasteiger partial charge in [0, 0.05) is 14.1 Å². The molecule has 1 aromatic rings. The van der Waals surface area contributed by atoms with Crippen molar-refractivity contribution in [3.05, 3.63) is 48.1 Å². The predicted molar refractivity (Wildman–Crippen MR) is 59.7 cm³/mol. The number of carbonyl (C=O) groups excluding carboxylic acids is 1. The maximum atomic E-state index is 11.5. The first kappa shape index (κ1) is 11.3. The van der Waals surface area contributed by atoms with E-state index >= 15 is 0 Å². The minimum atomic E-state index is -0.119. The summed E-state index contributed by atoms with van der Waals surface area (Å²) in [5.41, 5.74) is 0. The van der Waals surface area contributed by atoms with Gasteiger partial charge in [-0.25, -0.2) is 0 Å². The second kappa shape index (κ2) is 5.20. The van der Waals surface area contributed by atoms with Crippen molar-refractivity contribution in [1.29, 1.82) is 0 Å². The number of carbonyl (C=O) groups is 1. The first-order valence-electron chi connectivity index (χ1n) is 4.71. The zero-order chi connectivity index (χ0) is 11.3. The summed E-state index contributed by atoms with van der Waals surface area (Å²) < 4.78 is 5.19. The fourth-order valence-corrected chi connectivity index (χ4v) is 1.01. The van der Waals surface area contributed by atoms with E-state index in [2.05, 4.69) is 0 Å². The molecule has 1 rings (SSSR count). The second-order valence-corrected chi connectivity index (χ2v) is 3.44. The number of aryl methyl sites for hydroxylation is 1. The lowest BCUT2D eigenvalue weighted by Gasteiger charge is -2.00. The smallest absolute Gasteiger partial charge is 0.220 e. The van der Waals surface area contributed by atoms with Gasteiger partial charge in [0.25, 0.3) is 0 Å². The van der Waals surface area contributed by atoms with Crippen LogP contribution in [0, 0.1) is 6.92 Å². The third-order valence-electron chi connectivity index (χ3n) is 1.73. The molecule has 0 aliphatic rings. The van der Waals surface area contributed by atoms with Crippen LogP contribution >= 0.6 is 0 Å². The van der Waals surface area contributed by atoms with E-state index in [1.54, 1.807) is 24.3 Å². The molecule has 0 unspecified atom stereocenters. The molecular formula is C12H15NO2. The summed E-state index contributed by atoms with van der Waals surface area (Å²) in [5, 5.41) is 0. The maximum absolute atomic E-state index is 11.5. The molecule has 0 spiro atoms. The summed E-state index contributed by atoms with van der Waals surface area (Å²) in [6.45, 7) is 1.81. The zero-order valence-electron chi connectivity index (χ0n) is 9.23. The second-order valence-electron chi connectivity index (χ2n) is 3.44. The molecule has 0 aliphatic carbocycles. The summed E-state index contributed by atoms with van der Waals surface area (Å²) in [6, 6.07) is 3.45. The number of ketones is 1. The topological polar surface area (TPSA) is 33.5 Å². The third kappa shape index (κ3) is 3.85. The Balaban J connectivity index is 2.56. The highest BCUT2D eigenvalue weighted by Gasteiger charge is 2.04. The minimum Gasteiger partial charge on any atom is -0.458 e. The van der Waals surface area contributed by atoms with Crippen LogP contribution in [0.5, 0.6) is 0 Å². The van der Waals surface area contributed by atoms with Crippen molar-refractivity contribution in [2.75, 3.05) is 14.1 Å². The normalized spacial score (nSPS) is 11.4. The number of nitrogens with zero attached hydrogens (tertiary/aromatic N) is 1.